The molecule has 4 aromatic rings. The van der Waals surface area contributed by atoms with Crippen molar-refractivity contribution in [3.05, 3.63) is 59.3 Å². The van der Waals surface area contributed by atoms with Gasteiger partial charge in [-0.3, -0.25) is 4.40 Å². The highest BCUT2D eigenvalue weighted by Gasteiger charge is 2.57. The molecule has 0 aliphatic heterocycles. The second-order valence-electron chi connectivity index (χ2n) is 10.5. The number of imidazole rings is 1. The first-order chi connectivity index (χ1) is 17.5. The molecule has 2 nitrogen and oxygen atoms in total. The average Bonchev–Trinajstić information content (AvgIpc) is 3.20. The second-order valence-corrected chi connectivity index (χ2v) is 10.5. The first-order valence-corrected chi connectivity index (χ1v) is 10.4. The van der Waals surface area contributed by atoms with Crippen LogP contribution < -0.4 is 0 Å². The van der Waals surface area contributed by atoms with E-state index < -0.39 is 36.8 Å². The van der Waals surface area contributed by atoms with Gasteiger partial charge in [0, 0.05) is 28.8 Å². The number of aromatic nitrogens is 2. The molecular formula is C28H34N2. The van der Waals surface area contributed by atoms with Gasteiger partial charge in [-0.25, -0.2) is 4.98 Å². The van der Waals surface area contributed by atoms with Crippen LogP contribution in [-0.2, 0) is 16.2 Å². The van der Waals surface area contributed by atoms with Gasteiger partial charge in [0.15, 0.2) is 0 Å². The Kier molecular flexibility index (Phi) is 2.16. The molecule has 0 fully saturated rings. The molecule has 2 heterocycles. The Morgan fingerprint density at radius 3 is 2.27 bits per heavy atom. The molecule has 0 saturated heterocycles. The highest BCUT2D eigenvalue weighted by Crippen LogP contribution is 2.62. The fourth-order valence-electron chi connectivity index (χ4n) is 4.97. The third kappa shape index (κ3) is 2.18. The van der Waals surface area contributed by atoms with Gasteiger partial charge in [0.1, 0.15) is 5.65 Å². The topological polar surface area (TPSA) is 17.3 Å². The van der Waals surface area contributed by atoms with Crippen LogP contribution in [-0.4, -0.2) is 9.38 Å². The maximum atomic E-state index is 8.61. The van der Waals surface area contributed by atoms with Gasteiger partial charge < -0.3 is 0 Å². The molecule has 2 heteroatoms. The summed E-state index contributed by atoms with van der Waals surface area (Å²) in [6.07, 6.45) is 0. The standard InChI is InChI=1S/C28H34N2/c1-25(2,3)23-14-17-12-10-11-13-18(17)24-29-21-15-19-20(16-22(21)30(23)24)27(6,7)28(8,9)26(19,4)5/h10-16H,1-9H3/i4D3,5D3,8D3. The summed E-state index contributed by atoms with van der Waals surface area (Å²) < 4.78 is 79.4. The minimum Gasteiger partial charge on any atom is -0.296 e. The van der Waals surface area contributed by atoms with Gasteiger partial charge in [-0.1, -0.05) is 86.4 Å². The fraction of sp³-hybridized carbons (Fsp3) is 0.464. The number of nitrogens with zero attached hydrogens (tertiary/aromatic N) is 2. The molecule has 2 aromatic carbocycles. The van der Waals surface area contributed by atoms with E-state index >= 15 is 0 Å². The number of hydrogen-bond donors (Lipinski definition) is 0. The van der Waals surface area contributed by atoms with E-state index in [2.05, 4.69) is 26.8 Å². The molecule has 0 amide bonds. The predicted octanol–water partition coefficient (Wildman–Crippen LogP) is 7.53. The van der Waals surface area contributed by atoms with Crippen molar-refractivity contribution in [2.45, 2.75) is 78.3 Å². The summed E-state index contributed by atoms with van der Waals surface area (Å²) in [5, 5.41) is 1.92. The van der Waals surface area contributed by atoms with Crippen molar-refractivity contribution in [2.75, 3.05) is 0 Å². The van der Waals surface area contributed by atoms with Crippen molar-refractivity contribution in [2.24, 2.45) is 5.41 Å². The number of pyridine rings is 1. The van der Waals surface area contributed by atoms with Gasteiger partial charge in [-0.15, -0.1) is 0 Å². The Morgan fingerprint density at radius 1 is 0.900 bits per heavy atom. The minimum atomic E-state index is -3.15. The normalized spacial score (nSPS) is 28.5. The van der Waals surface area contributed by atoms with Crippen molar-refractivity contribution in [3.63, 3.8) is 0 Å². The Balaban J connectivity index is 2.06. The van der Waals surface area contributed by atoms with Crippen LogP contribution >= 0.6 is 0 Å². The summed E-state index contributed by atoms with van der Waals surface area (Å²) in [4.78, 5) is 4.94. The van der Waals surface area contributed by atoms with E-state index in [1.54, 1.807) is 19.9 Å². The molecule has 1 aliphatic rings. The molecule has 1 aliphatic carbocycles. The second kappa shape index (κ2) is 5.46. The molecular weight excluding hydrogens is 364 g/mol. The molecule has 2 aromatic heterocycles. The number of rotatable bonds is 0. The van der Waals surface area contributed by atoms with E-state index in [1.807, 2.05) is 28.7 Å². The van der Waals surface area contributed by atoms with Crippen LogP contribution in [0.2, 0.25) is 0 Å². The van der Waals surface area contributed by atoms with Crippen molar-refractivity contribution in [1.82, 2.24) is 9.38 Å². The van der Waals surface area contributed by atoms with Gasteiger partial charge in [0.05, 0.1) is 11.0 Å². The lowest BCUT2D eigenvalue weighted by Gasteiger charge is -2.44. The lowest BCUT2D eigenvalue weighted by Crippen LogP contribution is -2.42. The lowest BCUT2D eigenvalue weighted by atomic mass is 9.59. The zero-order valence-electron chi connectivity index (χ0n) is 27.4. The molecule has 1 atom stereocenters. The Bertz CT molecular complexity index is 1630. The van der Waals surface area contributed by atoms with Gasteiger partial charge in [0.25, 0.3) is 0 Å². The average molecular weight is 408 g/mol. The van der Waals surface area contributed by atoms with E-state index in [0.717, 1.165) is 16.5 Å². The summed E-state index contributed by atoms with van der Waals surface area (Å²) in [5.74, 6) is 0. The SMILES string of the molecule is [2H]C([2H])([2H])C1(C)C(C)(C)c2cc3c(cc2C1(C([2H])([2H])[2H])C([2H])([2H])[2H])nc1c2ccccc2cc(C(C)(C)C)n31. The molecule has 5 rings (SSSR count). The minimum absolute atomic E-state index is 0.0173. The number of hydrogen-bond acceptors (Lipinski definition) is 1. The highest BCUT2D eigenvalue weighted by molar-refractivity contribution is 5.99. The van der Waals surface area contributed by atoms with Crippen LogP contribution in [0.1, 0.15) is 91.3 Å². The van der Waals surface area contributed by atoms with Crippen molar-refractivity contribution < 1.29 is 12.3 Å². The van der Waals surface area contributed by atoms with Crippen LogP contribution in [0.25, 0.3) is 27.5 Å². The smallest absolute Gasteiger partial charge is 0.146 e. The summed E-state index contributed by atoms with van der Waals surface area (Å²) in [6.45, 7) is 1.71. The largest absolute Gasteiger partial charge is 0.296 e. The summed E-state index contributed by atoms with van der Waals surface area (Å²) in [5.41, 5.74) is -3.23. The first kappa shape index (κ1) is 11.9. The van der Waals surface area contributed by atoms with Crippen LogP contribution in [0.3, 0.4) is 0 Å². The first-order valence-electron chi connectivity index (χ1n) is 14.9. The quantitative estimate of drug-likeness (QED) is 0.294. The molecule has 0 saturated carbocycles. The lowest BCUT2D eigenvalue weighted by molar-refractivity contribution is 0.125. The summed E-state index contributed by atoms with van der Waals surface area (Å²) >= 11 is 0. The Hall–Kier alpha value is -2.35. The van der Waals surface area contributed by atoms with Gasteiger partial charge in [-0.05, 0) is 51.0 Å². The third-order valence-electron chi connectivity index (χ3n) is 7.37. The monoisotopic (exact) mass is 407 g/mol. The Labute approximate surface area is 193 Å². The van der Waals surface area contributed by atoms with Crippen molar-refractivity contribution in [3.8, 4) is 0 Å². The molecule has 0 spiro atoms. The summed E-state index contributed by atoms with van der Waals surface area (Å²) in [6, 6.07) is 13.3. The molecule has 156 valence electrons. The van der Waals surface area contributed by atoms with Crippen LogP contribution in [0.15, 0.2) is 42.5 Å². The summed E-state index contributed by atoms with van der Waals surface area (Å²) in [7, 11) is 0. The predicted molar refractivity (Wildman–Crippen MR) is 129 cm³/mol. The molecule has 0 radical (unpaired) electrons. The highest BCUT2D eigenvalue weighted by atomic mass is 15.0. The van der Waals surface area contributed by atoms with E-state index in [1.165, 1.54) is 13.0 Å². The molecule has 30 heavy (non-hydrogen) atoms. The van der Waals surface area contributed by atoms with Crippen LogP contribution in [0.5, 0.6) is 0 Å². The Morgan fingerprint density at radius 2 is 1.60 bits per heavy atom. The maximum absolute atomic E-state index is 8.61. The van der Waals surface area contributed by atoms with Crippen LogP contribution in [0, 0.1) is 5.41 Å². The fourth-order valence-corrected chi connectivity index (χ4v) is 4.97. The van der Waals surface area contributed by atoms with Crippen molar-refractivity contribution >= 4 is 27.5 Å². The van der Waals surface area contributed by atoms with E-state index in [0.29, 0.717) is 22.2 Å². The number of fused-ring (bicyclic) bond motifs is 6. The zero-order chi connectivity index (χ0) is 29.4. The van der Waals surface area contributed by atoms with E-state index in [9.17, 15) is 0 Å². The van der Waals surface area contributed by atoms with Crippen LogP contribution in [0.4, 0.5) is 0 Å². The third-order valence-corrected chi connectivity index (χ3v) is 7.37. The van der Waals surface area contributed by atoms with E-state index in [4.69, 9.17) is 17.3 Å². The molecule has 0 N–H and O–H groups in total. The van der Waals surface area contributed by atoms with Crippen molar-refractivity contribution in [1.29, 1.82) is 0 Å². The molecule has 0 bridgehead atoms. The molecule has 1 unspecified atom stereocenters. The van der Waals surface area contributed by atoms with E-state index in [-0.39, 0.29) is 11.0 Å². The van der Waals surface area contributed by atoms with Gasteiger partial charge in [0.2, 0.25) is 0 Å². The van der Waals surface area contributed by atoms with Gasteiger partial charge >= 0.3 is 0 Å². The number of benzene rings is 2. The zero-order valence-corrected chi connectivity index (χ0v) is 18.4. The van der Waals surface area contributed by atoms with Gasteiger partial charge in [-0.2, -0.15) is 0 Å². The maximum Gasteiger partial charge on any atom is 0.146 e.